The molecule has 120 valence electrons. The van der Waals surface area contributed by atoms with Crippen LogP contribution >= 0.6 is 11.6 Å². The second kappa shape index (κ2) is 7.23. The summed E-state index contributed by atoms with van der Waals surface area (Å²) in [5, 5.41) is 9.48. The van der Waals surface area contributed by atoms with E-state index in [1.165, 1.54) is 6.07 Å². The lowest BCUT2D eigenvalue weighted by molar-refractivity contribution is 0.139. The number of aliphatic hydroxyl groups is 1. The fourth-order valence-corrected chi connectivity index (χ4v) is 3.38. The van der Waals surface area contributed by atoms with Crippen molar-refractivity contribution < 1.29 is 13.9 Å². The minimum absolute atomic E-state index is 0.0648. The maximum atomic E-state index is 13.5. The van der Waals surface area contributed by atoms with Crippen molar-refractivity contribution in [1.82, 2.24) is 0 Å². The van der Waals surface area contributed by atoms with E-state index in [0.29, 0.717) is 12.8 Å². The third-order valence-corrected chi connectivity index (χ3v) is 9.01. The first-order valence-corrected chi connectivity index (χ1v) is 10.6. The third kappa shape index (κ3) is 5.36. The Bertz CT molecular complexity index is 472. The summed E-state index contributed by atoms with van der Waals surface area (Å²) in [5.74, 6) is -0.413. The lowest BCUT2D eigenvalue weighted by atomic mass is 10.1. The molecule has 1 rings (SSSR count). The highest BCUT2D eigenvalue weighted by Crippen LogP contribution is 2.38. The van der Waals surface area contributed by atoms with Crippen LogP contribution in [-0.2, 0) is 10.8 Å². The predicted octanol–water partition coefficient (Wildman–Crippen LogP) is 4.79. The van der Waals surface area contributed by atoms with Crippen LogP contribution in [0.25, 0.3) is 0 Å². The van der Waals surface area contributed by atoms with E-state index in [1.54, 1.807) is 6.07 Å². The Morgan fingerprint density at radius 2 is 1.95 bits per heavy atom. The van der Waals surface area contributed by atoms with Crippen molar-refractivity contribution in [2.24, 2.45) is 0 Å². The molecule has 0 radical (unpaired) electrons. The van der Waals surface area contributed by atoms with Gasteiger partial charge in [-0.05, 0) is 48.7 Å². The summed E-state index contributed by atoms with van der Waals surface area (Å²) in [5.41, 5.74) is 0.842. The van der Waals surface area contributed by atoms with Gasteiger partial charge in [0.1, 0.15) is 5.82 Å². The molecule has 0 aliphatic heterocycles. The van der Waals surface area contributed by atoms with E-state index >= 15 is 0 Å². The molecule has 0 amide bonds. The van der Waals surface area contributed by atoms with Gasteiger partial charge in [0.2, 0.25) is 0 Å². The van der Waals surface area contributed by atoms with Gasteiger partial charge in [-0.2, -0.15) is 0 Å². The molecule has 2 nitrogen and oxygen atoms in total. The molecule has 1 unspecified atom stereocenters. The molecule has 0 heterocycles. The minimum atomic E-state index is -1.91. The Kier molecular flexibility index (Phi) is 6.41. The van der Waals surface area contributed by atoms with Gasteiger partial charge in [-0.1, -0.05) is 38.4 Å². The summed E-state index contributed by atoms with van der Waals surface area (Å²) in [4.78, 5) is 0. The van der Waals surface area contributed by atoms with Gasteiger partial charge in [0.25, 0.3) is 0 Å². The number of benzene rings is 1. The first kappa shape index (κ1) is 18.6. The Morgan fingerprint density at radius 3 is 2.43 bits per heavy atom. The topological polar surface area (TPSA) is 29.5 Å². The number of rotatable bonds is 6. The highest BCUT2D eigenvalue weighted by Gasteiger charge is 2.39. The Morgan fingerprint density at radius 1 is 1.33 bits per heavy atom. The Balaban J connectivity index is 2.85. The van der Waals surface area contributed by atoms with Crippen LogP contribution in [0, 0.1) is 5.82 Å². The third-order valence-electron chi connectivity index (χ3n) is 4.17. The van der Waals surface area contributed by atoms with Crippen LogP contribution in [0.15, 0.2) is 18.2 Å². The van der Waals surface area contributed by atoms with E-state index in [0.717, 1.165) is 5.56 Å². The lowest BCUT2D eigenvalue weighted by Gasteiger charge is -2.39. The van der Waals surface area contributed by atoms with Gasteiger partial charge in [0.05, 0.1) is 11.1 Å². The average molecular weight is 333 g/mol. The lowest BCUT2D eigenvalue weighted by Crippen LogP contribution is -2.44. The van der Waals surface area contributed by atoms with Gasteiger partial charge >= 0.3 is 0 Å². The highest BCUT2D eigenvalue weighted by atomic mass is 35.5. The quantitative estimate of drug-likeness (QED) is 0.758. The van der Waals surface area contributed by atoms with E-state index in [2.05, 4.69) is 33.9 Å². The smallest absolute Gasteiger partial charge is 0.192 e. The fraction of sp³-hybridized carbons (Fsp3) is 0.625. The maximum Gasteiger partial charge on any atom is 0.192 e. The van der Waals surface area contributed by atoms with Gasteiger partial charge in [0, 0.05) is 6.61 Å². The number of hydrogen-bond donors (Lipinski definition) is 1. The number of hydrogen-bond acceptors (Lipinski definition) is 2. The average Bonchev–Trinajstić information content (AvgIpc) is 2.32. The van der Waals surface area contributed by atoms with Gasteiger partial charge in [-0.25, -0.2) is 4.39 Å². The van der Waals surface area contributed by atoms with E-state index in [4.69, 9.17) is 16.0 Å². The molecule has 1 aromatic rings. The van der Waals surface area contributed by atoms with Gasteiger partial charge in [-0.15, -0.1) is 0 Å². The van der Waals surface area contributed by atoms with Gasteiger partial charge in [0.15, 0.2) is 8.32 Å². The Labute approximate surface area is 133 Å². The van der Waals surface area contributed by atoms with Gasteiger partial charge < -0.3 is 9.53 Å². The van der Waals surface area contributed by atoms with Crippen molar-refractivity contribution in [3.05, 3.63) is 34.6 Å². The molecule has 1 atom stereocenters. The van der Waals surface area contributed by atoms with Crippen LogP contribution < -0.4 is 0 Å². The predicted molar refractivity (Wildman–Crippen MR) is 88.9 cm³/mol. The van der Waals surface area contributed by atoms with Crippen molar-refractivity contribution >= 4 is 19.9 Å². The Hall–Kier alpha value is -0.423. The summed E-state index contributed by atoms with van der Waals surface area (Å²) >= 11 is 5.71. The zero-order valence-electron chi connectivity index (χ0n) is 13.5. The zero-order valence-corrected chi connectivity index (χ0v) is 15.3. The number of halogens is 2. The van der Waals surface area contributed by atoms with Crippen LogP contribution in [-0.4, -0.2) is 26.1 Å². The minimum Gasteiger partial charge on any atom is -0.414 e. The second-order valence-corrected chi connectivity index (χ2v) is 12.1. The molecule has 21 heavy (non-hydrogen) atoms. The van der Waals surface area contributed by atoms with Crippen LogP contribution in [0.1, 0.15) is 32.8 Å². The monoisotopic (exact) mass is 332 g/mol. The van der Waals surface area contributed by atoms with E-state index in [9.17, 15) is 9.50 Å². The van der Waals surface area contributed by atoms with Crippen molar-refractivity contribution in [2.45, 2.75) is 57.8 Å². The van der Waals surface area contributed by atoms with Crippen LogP contribution in [0.4, 0.5) is 4.39 Å². The summed E-state index contributed by atoms with van der Waals surface area (Å²) in [7, 11) is -1.91. The van der Waals surface area contributed by atoms with E-state index < -0.39 is 14.1 Å². The largest absolute Gasteiger partial charge is 0.414 e. The van der Waals surface area contributed by atoms with Crippen molar-refractivity contribution in [2.75, 3.05) is 6.61 Å². The molecular weight excluding hydrogens is 307 g/mol. The molecule has 1 N–H and O–H groups in total. The van der Waals surface area contributed by atoms with E-state index in [1.807, 2.05) is 6.07 Å². The second-order valence-electron chi connectivity index (χ2n) is 6.97. The summed E-state index contributed by atoms with van der Waals surface area (Å²) in [6.07, 6.45) is 1.04. The SMILES string of the molecule is CC(C)(C)[Si](C)(C)OC(CCO)Cc1ccc(Cl)c(F)c1. The molecule has 0 aliphatic carbocycles. The molecule has 0 aromatic heterocycles. The van der Waals surface area contributed by atoms with Crippen LogP contribution in [0.2, 0.25) is 23.2 Å². The summed E-state index contributed by atoms with van der Waals surface area (Å²) in [6.45, 7) is 11.0. The van der Waals surface area contributed by atoms with Gasteiger partial charge in [-0.3, -0.25) is 0 Å². The molecule has 0 saturated carbocycles. The maximum absolute atomic E-state index is 13.5. The molecule has 0 fully saturated rings. The molecule has 0 bridgehead atoms. The summed E-state index contributed by atoms with van der Waals surface area (Å²) in [6, 6.07) is 4.82. The van der Waals surface area contributed by atoms with E-state index in [-0.39, 0.29) is 22.8 Å². The molecule has 5 heteroatoms. The number of aliphatic hydroxyl groups excluding tert-OH is 1. The normalized spacial score (nSPS) is 14.3. The zero-order chi connectivity index (χ0) is 16.3. The van der Waals surface area contributed by atoms with Crippen LogP contribution in [0.5, 0.6) is 0 Å². The molecule has 0 spiro atoms. The summed E-state index contributed by atoms with van der Waals surface area (Å²) < 4.78 is 19.9. The van der Waals surface area contributed by atoms with Crippen LogP contribution in [0.3, 0.4) is 0 Å². The highest BCUT2D eigenvalue weighted by molar-refractivity contribution is 6.74. The first-order chi connectivity index (χ1) is 9.56. The molecule has 0 saturated heterocycles. The first-order valence-electron chi connectivity index (χ1n) is 7.29. The van der Waals surface area contributed by atoms with Crippen molar-refractivity contribution in [1.29, 1.82) is 0 Å². The van der Waals surface area contributed by atoms with Crippen molar-refractivity contribution in [3.63, 3.8) is 0 Å². The molecular formula is C16H26ClFO2Si. The molecule has 0 aliphatic rings. The molecule has 1 aromatic carbocycles. The fourth-order valence-electron chi connectivity index (χ4n) is 1.87. The standard InChI is InChI=1S/C16H26ClFO2Si/c1-16(2,3)21(4,5)20-13(8-9-19)10-12-6-7-14(17)15(18)11-12/h6-7,11,13,19H,8-10H2,1-5H3. The van der Waals surface area contributed by atoms with Crippen molar-refractivity contribution in [3.8, 4) is 0 Å².